The van der Waals surface area contributed by atoms with Crippen molar-refractivity contribution in [3.63, 3.8) is 0 Å². The molecule has 0 spiro atoms. The molecule has 1 saturated carbocycles. The Morgan fingerprint density at radius 2 is 1.75 bits per heavy atom. The fourth-order valence-electron chi connectivity index (χ4n) is 10.6. The number of carbonyl (C=O) groups is 1. The monoisotopic (exact) mass is 890 g/mol. The van der Waals surface area contributed by atoms with Gasteiger partial charge in [-0.15, -0.1) is 6.58 Å². The van der Waals surface area contributed by atoms with Gasteiger partial charge < -0.3 is 38.7 Å². The number of aliphatic hydroxyl groups is 2. The Hall–Kier alpha value is -5.27. The van der Waals surface area contributed by atoms with Crippen LogP contribution in [0.15, 0.2) is 114 Å². The summed E-state index contributed by atoms with van der Waals surface area (Å²) in [4.78, 5) is 22.8. The van der Waals surface area contributed by atoms with E-state index in [1.165, 1.54) is 6.07 Å². The average molecular weight is 891 g/mol. The van der Waals surface area contributed by atoms with Crippen molar-refractivity contribution in [3.8, 4) is 11.5 Å². The zero-order chi connectivity index (χ0) is 45.2. The molecule has 7 atom stereocenters. The molecule has 0 radical (unpaired) electrons. The Kier molecular flexibility index (Phi) is 15.5. The lowest BCUT2D eigenvalue weighted by Gasteiger charge is -2.60. The minimum Gasteiger partial charge on any atom is -0.489 e. The SMILES string of the molecule is C=CCO[C@@]12Oc3ccc(OCc4ccccc4F)cc3[C@H]3[C@H](CCCCO)[C@@H](CCCCO)C=C(C(=NOC4CCCCO4)C[C@@H]1N(Cc1cccc4ccccc14)C(=O)OCC)[C@H]32. The van der Waals surface area contributed by atoms with Crippen LogP contribution in [0.25, 0.3) is 10.8 Å². The first-order chi connectivity index (χ1) is 31.9. The summed E-state index contributed by atoms with van der Waals surface area (Å²) >= 11 is 0. The van der Waals surface area contributed by atoms with Crippen molar-refractivity contribution >= 4 is 22.6 Å². The molecule has 2 aliphatic carbocycles. The number of halogens is 1. The largest absolute Gasteiger partial charge is 0.489 e. The number of carbonyl (C=O) groups excluding carboxylic acids is 1. The maximum atomic E-state index is 14.8. The lowest BCUT2D eigenvalue weighted by atomic mass is 9.55. The number of benzene rings is 4. The van der Waals surface area contributed by atoms with Gasteiger partial charge in [0.15, 0.2) is 0 Å². The summed E-state index contributed by atoms with van der Waals surface area (Å²) in [5, 5.41) is 27.0. The molecule has 2 heterocycles. The maximum absolute atomic E-state index is 14.8. The Morgan fingerprint density at radius 3 is 2.54 bits per heavy atom. The minimum atomic E-state index is -1.49. The number of fused-ring (bicyclic) bond motifs is 3. The minimum absolute atomic E-state index is 0.00173. The Morgan fingerprint density at radius 1 is 0.969 bits per heavy atom. The van der Waals surface area contributed by atoms with Crippen molar-refractivity contribution in [3.05, 3.63) is 132 Å². The van der Waals surface area contributed by atoms with Crippen LogP contribution >= 0.6 is 0 Å². The second-order valence-corrected chi connectivity index (χ2v) is 17.5. The molecule has 12 heteroatoms. The van der Waals surface area contributed by atoms with Gasteiger partial charge in [-0.2, -0.15) is 0 Å². The fourth-order valence-corrected chi connectivity index (χ4v) is 10.6. The van der Waals surface area contributed by atoms with Crippen LogP contribution in [0.5, 0.6) is 11.5 Å². The smallest absolute Gasteiger partial charge is 0.410 e. The molecule has 4 aromatic carbocycles. The van der Waals surface area contributed by atoms with Crippen molar-refractivity contribution in [2.75, 3.05) is 33.0 Å². The van der Waals surface area contributed by atoms with Gasteiger partial charge in [0.05, 0.1) is 38.0 Å². The molecule has 4 aromatic rings. The fraction of sp³-hybridized carbons (Fsp3) is 0.472. The predicted molar refractivity (Wildman–Crippen MR) is 247 cm³/mol. The highest BCUT2D eigenvalue weighted by molar-refractivity contribution is 6.03. The van der Waals surface area contributed by atoms with E-state index in [-0.39, 0.29) is 69.6 Å². The van der Waals surface area contributed by atoms with Crippen molar-refractivity contribution < 1.29 is 47.9 Å². The first-order valence-corrected chi connectivity index (χ1v) is 23.5. The van der Waals surface area contributed by atoms with Crippen LogP contribution in [0.4, 0.5) is 9.18 Å². The molecule has 11 nitrogen and oxygen atoms in total. The van der Waals surface area contributed by atoms with Crippen LogP contribution in [0.3, 0.4) is 0 Å². The molecule has 2 aliphatic heterocycles. The number of amides is 1. The van der Waals surface area contributed by atoms with Crippen molar-refractivity contribution in [2.24, 2.45) is 22.9 Å². The van der Waals surface area contributed by atoms with Gasteiger partial charge in [0.25, 0.3) is 0 Å². The second kappa shape index (κ2) is 21.8. The van der Waals surface area contributed by atoms with Gasteiger partial charge in [-0.1, -0.05) is 90.8 Å². The van der Waals surface area contributed by atoms with E-state index in [1.807, 2.05) is 42.5 Å². The zero-order valence-corrected chi connectivity index (χ0v) is 37.5. The Labute approximate surface area is 381 Å². The third-order valence-electron chi connectivity index (χ3n) is 13.5. The molecule has 0 aromatic heterocycles. The summed E-state index contributed by atoms with van der Waals surface area (Å²) in [6.07, 6.45) is 10.3. The summed E-state index contributed by atoms with van der Waals surface area (Å²) < 4.78 is 47.7. The van der Waals surface area contributed by atoms with Crippen molar-refractivity contribution in [1.29, 1.82) is 0 Å². The highest BCUT2D eigenvalue weighted by Gasteiger charge is 2.65. The number of rotatable bonds is 20. The average Bonchev–Trinajstić information content (AvgIpc) is 3.33. The summed E-state index contributed by atoms with van der Waals surface area (Å²) in [6.45, 7) is 7.09. The van der Waals surface area contributed by atoms with Crippen LogP contribution in [0.2, 0.25) is 0 Å². The van der Waals surface area contributed by atoms with Gasteiger partial charge in [0, 0.05) is 43.1 Å². The Balaban J connectivity index is 1.33. The van der Waals surface area contributed by atoms with E-state index in [4.69, 9.17) is 33.7 Å². The van der Waals surface area contributed by atoms with Gasteiger partial charge in [0.1, 0.15) is 30.0 Å². The summed E-state index contributed by atoms with van der Waals surface area (Å²) in [5.41, 5.74) is 3.86. The van der Waals surface area contributed by atoms with Gasteiger partial charge in [-0.3, -0.25) is 4.90 Å². The molecule has 1 unspecified atom stereocenters. The van der Waals surface area contributed by atoms with E-state index >= 15 is 0 Å². The number of nitrogens with zero attached hydrogens (tertiary/aromatic N) is 2. The van der Waals surface area contributed by atoms with E-state index in [9.17, 15) is 19.4 Å². The molecule has 2 N–H and O–H groups in total. The van der Waals surface area contributed by atoms with Gasteiger partial charge >= 0.3 is 6.09 Å². The molecule has 1 saturated heterocycles. The van der Waals surface area contributed by atoms with Crippen molar-refractivity contribution in [1.82, 2.24) is 4.90 Å². The van der Waals surface area contributed by atoms with E-state index in [1.54, 1.807) is 36.1 Å². The first kappa shape index (κ1) is 46.3. The van der Waals surface area contributed by atoms with Crippen LogP contribution in [-0.4, -0.2) is 78.1 Å². The van der Waals surface area contributed by atoms with Crippen molar-refractivity contribution in [2.45, 2.75) is 108 Å². The van der Waals surface area contributed by atoms with Gasteiger partial charge in [-0.05, 0) is 103 Å². The van der Waals surface area contributed by atoms with Crippen LogP contribution in [0.1, 0.15) is 93.7 Å². The number of unbranched alkanes of at least 4 members (excludes halogenated alkanes) is 2. The number of ether oxygens (including phenoxy) is 5. The van der Waals surface area contributed by atoms with E-state index in [0.29, 0.717) is 48.6 Å². The number of oxime groups is 1. The number of allylic oxidation sites excluding steroid dienone is 1. The second-order valence-electron chi connectivity index (χ2n) is 17.5. The highest BCUT2D eigenvalue weighted by Crippen LogP contribution is 2.62. The molecule has 4 aliphatic rings. The standard InChI is InChI=1S/C53H63FN2O9/c1-3-29-63-53-48(56(52(59)60-4-2)34-38-20-15-19-36-16-5-7-21-41(36)38)33-46(55-65-49-24-11-14-30-61-49)43-31-37(17-9-12-27-57)42(22-10-13-28-58)50(51(43)53)44-32-40(25-26-47(44)64-53)62-35-39-18-6-8-23-45(39)54/h3,5-8,15-16,18-21,23,25-26,31-32,37,42,48-51,57-58H,1,4,9-14,17,22,24,27-30,33-35H2,2H3/t37-,42+,48-,49?,50+,51+,53+/m0/s1. The summed E-state index contributed by atoms with van der Waals surface area (Å²) in [5.74, 6) is -1.47. The topological polar surface area (TPSA) is 129 Å². The van der Waals surface area contributed by atoms with Crippen LogP contribution in [0, 0.1) is 23.6 Å². The molecular weight excluding hydrogens is 828 g/mol. The summed E-state index contributed by atoms with van der Waals surface area (Å²) in [7, 11) is 0. The molecule has 0 bridgehead atoms. The molecule has 1 amide bonds. The normalized spacial score (nSPS) is 25.2. The lowest BCUT2D eigenvalue weighted by molar-refractivity contribution is -0.256. The van der Waals surface area contributed by atoms with E-state index in [0.717, 1.165) is 66.0 Å². The molecule has 8 rings (SSSR count). The molecule has 2 fully saturated rings. The van der Waals surface area contributed by atoms with E-state index < -0.39 is 30.1 Å². The quantitative estimate of drug-likeness (QED) is 0.0506. The van der Waals surface area contributed by atoms with Crippen LogP contribution in [-0.2, 0) is 32.2 Å². The predicted octanol–water partition coefficient (Wildman–Crippen LogP) is 10.4. The van der Waals surface area contributed by atoms with Crippen LogP contribution < -0.4 is 9.47 Å². The van der Waals surface area contributed by atoms with Gasteiger partial charge in [0.2, 0.25) is 12.1 Å². The number of hydrogen-bond donors (Lipinski definition) is 2. The van der Waals surface area contributed by atoms with E-state index in [2.05, 4.69) is 30.9 Å². The van der Waals surface area contributed by atoms with Gasteiger partial charge in [-0.25, -0.2) is 9.18 Å². The lowest BCUT2D eigenvalue weighted by Crippen LogP contribution is -2.70. The maximum Gasteiger partial charge on any atom is 0.410 e. The molecule has 65 heavy (non-hydrogen) atoms. The number of hydrogen-bond acceptors (Lipinski definition) is 10. The first-order valence-electron chi connectivity index (χ1n) is 23.5. The zero-order valence-electron chi connectivity index (χ0n) is 37.5. The molecule has 346 valence electrons. The third-order valence-corrected chi connectivity index (χ3v) is 13.5. The molecular formula is C53H63FN2O9. The Bertz CT molecular complexity index is 2310. The summed E-state index contributed by atoms with van der Waals surface area (Å²) in [6, 6.07) is 25.8. The number of aliphatic hydroxyl groups excluding tert-OH is 2. The third kappa shape index (κ3) is 10.1. The highest BCUT2D eigenvalue weighted by atomic mass is 19.1.